The molecule has 0 saturated carbocycles. The molecule has 0 atom stereocenters. The van der Waals surface area contributed by atoms with Gasteiger partial charge in [-0.15, -0.1) is 11.3 Å². The largest absolute Gasteiger partial charge is 0.465 e. The third-order valence-electron chi connectivity index (χ3n) is 2.38. The van der Waals surface area contributed by atoms with Crippen LogP contribution >= 0.6 is 11.3 Å². The number of hydrogen-bond acceptors (Lipinski definition) is 5. The Morgan fingerprint density at radius 2 is 2.12 bits per heavy atom. The van der Waals surface area contributed by atoms with Crippen molar-refractivity contribution in [3.8, 4) is 0 Å². The summed E-state index contributed by atoms with van der Waals surface area (Å²) >= 11 is 0.946. The van der Waals surface area contributed by atoms with E-state index in [9.17, 15) is 13.2 Å². The molecule has 0 N–H and O–H groups in total. The minimum Gasteiger partial charge on any atom is -0.465 e. The summed E-state index contributed by atoms with van der Waals surface area (Å²) in [7, 11) is -2.11. The fraction of sp³-hybridized carbons (Fsp3) is 0.444. The van der Waals surface area contributed by atoms with E-state index in [1.807, 2.05) is 0 Å². The van der Waals surface area contributed by atoms with Crippen LogP contribution in [-0.2, 0) is 14.8 Å². The van der Waals surface area contributed by atoms with Gasteiger partial charge in [0.25, 0.3) is 10.0 Å². The standard InChI is InChI=1S/C9H11NO4S2/c1-14-9(11)7-3-4-8(15-7)16(12,13)10-5-2-6-10/h3-4H,2,5-6H2,1H3. The number of ether oxygens (including phenoxy) is 1. The van der Waals surface area contributed by atoms with Gasteiger partial charge in [-0.1, -0.05) is 0 Å². The predicted molar refractivity (Wildman–Crippen MR) is 59.0 cm³/mol. The summed E-state index contributed by atoms with van der Waals surface area (Å²) in [5.74, 6) is -0.505. The lowest BCUT2D eigenvalue weighted by Gasteiger charge is -2.28. The first-order valence-electron chi connectivity index (χ1n) is 4.74. The zero-order valence-electron chi connectivity index (χ0n) is 8.67. The molecule has 0 aromatic carbocycles. The maximum Gasteiger partial charge on any atom is 0.348 e. The highest BCUT2D eigenvalue weighted by molar-refractivity contribution is 7.91. The monoisotopic (exact) mass is 261 g/mol. The van der Waals surface area contributed by atoms with Crippen LogP contribution in [0.25, 0.3) is 0 Å². The van der Waals surface area contributed by atoms with Crippen molar-refractivity contribution in [3.05, 3.63) is 17.0 Å². The molecule has 7 heteroatoms. The van der Waals surface area contributed by atoms with Crippen LogP contribution in [0.3, 0.4) is 0 Å². The van der Waals surface area contributed by atoms with Crippen LogP contribution in [0.2, 0.25) is 0 Å². The summed E-state index contributed by atoms with van der Waals surface area (Å²) in [5, 5.41) is 0. The van der Waals surface area contributed by atoms with Gasteiger partial charge in [-0.3, -0.25) is 0 Å². The molecule has 2 heterocycles. The average Bonchev–Trinajstić information content (AvgIpc) is 2.62. The second kappa shape index (κ2) is 4.15. The Kier molecular flexibility index (Phi) is 3.00. The van der Waals surface area contributed by atoms with Gasteiger partial charge >= 0.3 is 5.97 Å². The molecule has 88 valence electrons. The topological polar surface area (TPSA) is 63.7 Å². The highest BCUT2D eigenvalue weighted by Gasteiger charge is 2.31. The van der Waals surface area contributed by atoms with E-state index >= 15 is 0 Å². The molecule has 1 saturated heterocycles. The van der Waals surface area contributed by atoms with E-state index < -0.39 is 16.0 Å². The van der Waals surface area contributed by atoms with Crippen molar-refractivity contribution in [3.63, 3.8) is 0 Å². The van der Waals surface area contributed by atoms with E-state index in [-0.39, 0.29) is 4.21 Å². The van der Waals surface area contributed by atoms with Crippen molar-refractivity contribution in [2.24, 2.45) is 0 Å². The first-order chi connectivity index (χ1) is 7.55. The summed E-state index contributed by atoms with van der Waals surface area (Å²) in [6.45, 7) is 1.13. The molecule has 1 fully saturated rings. The van der Waals surface area contributed by atoms with Crippen molar-refractivity contribution in [2.75, 3.05) is 20.2 Å². The van der Waals surface area contributed by atoms with E-state index in [4.69, 9.17) is 0 Å². The molecule has 0 amide bonds. The highest BCUT2D eigenvalue weighted by Crippen LogP contribution is 2.27. The second-order valence-electron chi connectivity index (χ2n) is 3.37. The molecule has 0 aliphatic carbocycles. The highest BCUT2D eigenvalue weighted by atomic mass is 32.2. The van der Waals surface area contributed by atoms with Crippen LogP contribution in [0.1, 0.15) is 16.1 Å². The van der Waals surface area contributed by atoms with Gasteiger partial charge in [-0.2, -0.15) is 4.31 Å². The Morgan fingerprint density at radius 3 is 2.62 bits per heavy atom. The SMILES string of the molecule is COC(=O)c1ccc(S(=O)(=O)N2CCC2)s1. The lowest BCUT2D eigenvalue weighted by Crippen LogP contribution is -2.41. The molecule has 1 aromatic heterocycles. The van der Waals surface area contributed by atoms with Crippen LogP contribution in [0.15, 0.2) is 16.3 Å². The molecule has 2 rings (SSSR count). The quantitative estimate of drug-likeness (QED) is 0.759. The number of sulfonamides is 1. The zero-order chi connectivity index (χ0) is 11.8. The van der Waals surface area contributed by atoms with Gasteiger partial charge < -0.3 is 4.74 Å². The molecule has 0 unspecified atom stereocenters. The molecule has 1 aromatic rings. The number of carbonyl (C=O) groups excluding carboxylic acids is 1. The molecular weight excluding hydrogens is 250 g/mol. The molecule has 1 aliphatic heterocycles. The summed E-state index contributed by atoms with van der Waals surface area (Å²) in [6.07, 6.45) is 0.897. The Bertz CT molecular complexity index is 501. The van der Waals surface area contributed by atoms with Crippen LogP contribution in [0, 0.1) is 0 Å². The van der Waals surface area contributed by atoms with Gasteiger partial charge in [0, 0.05) is 13.1 Å². The number of hydrogen-bond donors (Lipinski definition) is 0. The number of esters is 1. The lowest BCUT2D eigenvalue weighted by molar-refractivity contribution is 0.0606. The average molecular weight is 261 g/mol. The molecule has 16 heavy (non-hydrogen) atoms. The third-order valence-corrected chi connectivity index (χ3v) is 5.81. The van der Waals surface area contributed by atoms with Crippen LogP contribution in [0.4, 0.5) is 0 Å². The zero-order valence-corrected chi connectivity index (χ0v) is 10.3. The Balaban J connectivity index is 2.27. The number of methoxy groups -OCH3 is 1. The van der Waals surface area contributed by atoms with Crippen LogP contribution in [0.5, 0.6) is 0 Å². The summed E-state index contributed by atoms with van der Waals surface area (Å²) in [6, 6.07) is 2.92. The first-order valence-corrected chi connectivity index (χ1v) is 6.99. The summed E-state index contributed by atoms with van der Waals surface area (Å²) < 4.78 is 30.0. The van der Waals surface area contributed by atoms with Crippen molar-refractivity contribution >= 4 is 27.3 Å². The number of rotatable bonds is 3. The number of thiophene rings is 1. The third kappa shape index (κ3) is 1.85. The molecule has 0 bridgehead atoms. The minimum absolute atomic E-state index is 0.201. The summed E-state index contributed by atoms with van der Waals surface area (Å²) in [5.41, 5.74) is 0. The van der Waals surface area contributed by atoms with Crippen molar-refractivity contribution in [1.82, 2.24) is 4.31 Å². The van der Waals surface area contributed by atoms with Crippen molar-refractivity contribution in [1.29, 1.82) is 0 Å². The van der Waals surface area contributed by atoms with E-state index in [1.54, 1.807) is 0 Å². The van der Waals surface area contributed by atoms with Gasteiger partial charge in [-0.25, -0.2) is 13.2 Å². The van der Waals surface area contributed by atoms with E-state index in [1.165, 1.54) is 23.5 Å². The van der Waals surface area contributed by atoms with Gasteiger partial charge in [0.05, 0.1) is 7.11 Å². The van der Waals surface area contributed by atoms with Crippen LogP contribution < -0.4 is 0 Å². The maximum absolute atomic E-state index is 11.9. The molecule has 5 nitrogen and oxygen atoms in total. The molecular formula is C9H11NO4S2. The number of carbonyl (C=O) groups is 1. The molecule has 0 spiro atoms. The Hall–Kier alpha value is -0.920. The molecule has 0 radical (unpaired) electrons. The van der Waals surface area contributed by atoms with Gasteiger partial charge in [0.15, 0.2) is 0 Å². The van der Waals surface area contributed by atoms with Gasteiger partial charge in [0.2, 0.25) is 0 Å². The lowest BCUT2D eigenvalue weighted by atomic mass is 10.3. The molecule has 1 aliphatic rings. The van der Waals surface area contributed by atoms with E-state index in [2.05, 4.69) is 4.74 Å². The van der Waals surface area contributed by atoms with E-state index in [0.717, 1.165) is 17.8 Å². The first kappa shape index (κ1) is 11.6. The van der Waals surface area contributed by atoms with Gasteiger partial charge in [0.1, 0.15) is 9.09 Å². The fourth-order valence-corrected chi connectivity index (χ4v) is 4.22. The van der Waals surface area contributed by atoms with Crippen LogP contribution in [-0.4, -0.2) is 38.9 Å². The fourth-order valence-electron chi connectivity index (χ4n) is 1.32. The minimum atomic E-state index is -3.38. The Labute approximate surface area is 97.7 Å². The number of nitrogens with zero attached hydrogens (tertiary/aromatic N) is 1. The normalized spacial score (nSPS) is 16.8. The van der Waals surface area contributed by atoms with Gasteiger partial charge in [-0.05, 0) is 18.6 Å². The Morgan fingerprint density at radius 1 is 1.44 bits per heavy atom. The van der Waals surface area contributed by atoms with E-state index in [0.29, 0.717) is 18.0 Å². The predicted octanol–water partition coefficient (Wildman–Crippen LogP) is 0.929. The maximum atomic E-state index is 11.9. The smallest absolute Gasteiger partial charge is 0.348 e. The second-order valence-corrected chi connectivity index (χ2v) is 6.62. The van der Waals surface area contributed by atoms with Crippen molar-refractivity contribution < 1.29 is 17.9 Å². The summed E-state index contributed by atoms with van der Waals surface area (Å²) in [4.78, 5) is 11.5. The van der Waals surface area contributed by atoms with Crippen molar-refractivity contribution in [2.45, 2.75) is 10.6 Å².